The number of ether oxygens (including phenoxy) is 2. The van der Waals surface area contributed by atoms with Crippen molar-refractivity contribution in [2.24, 2.45) is 0 Å². The monoisotopic (exact) mass is 671 g/mol. The standard InChI is InChI=1S/C35H47Cl2NO4Si2/c1-35(2,3)44(28-14-9-7-10-15-28,29-16-11-8-12-17-29)42-21-13-20-38-25-27(24-32(38)39)33-31(19-18-30(36)34(33)37)41-26-40-22-23-43(4,5)6/h7-12,14-19,27H,13,20-26H2,1-6H3. The topological polar surface area (TPSA) is 48.0 Å². The van der Waals surface area contributed by atoms with Crippen molar-refractivity contribution >= 4 is 55.9 Å². The van der Waals surface area contributed by atoms with Crippen LogP contribution in [0.3, 0.4) is 0 Å². The molecule has 9 heteroatoms. The molecular weight excluding hydrogens is 625 g/mol. The summed E-state index contributed by atoms with van der Waals surface area (Å²) in [5, 5.41) is 3.31. The molecule has 1 heterocycles. The van der Waals surface area contributed by atoms with Crippen LogP contribution in [-0.2, 0) is 14.0 Å². The average molecular weight is 673 g/mol. The van der Waals surface area contributed by atoms with E-state index in [2.05, 4.69) is 101 Å². The van der Waals surface area contributed by atoms with E-state index in [1.165, 1.54) is 10.4 Å². The zero-order valence-corrected chi connectivity index (χ0v) is 30.5. The molecule has 1 amide bonds. The van der Waals surface area contributed by atoms with Crippen LogP contribution in [0.5, 0.6) is 5.75 Å². The maximum Gasteiger partial charge on any atom is 0.261 e. The van der Waals surface area contributed by atoms with Gasteiger partial charge in [-0.25, -0.2) is 0 Å². The molecule has 3 aromatic carbocycles. The molecule has 0 aromatic heterocycles. The summed E-state index contributed by atoms with van der Waals surface area (Å²) < 4.78 is 18.8. The molecular formula is C35H47Cl2NO4Si2. The van der Waals surface area contributed by atoms with Gasteiger partial charge in [-0.2, -0.15) is 0 Å². The van der Waals surface area contributed by atoms with Gasteiger partial charge in [-0.1, -0.05) is 124 Å². The highest BCUT2D eigenvalue weighted by Gasteiger charge is 2.50. The van der Waals surface area contributed by atoms with Gasteiger partial charge in [0.2, 0.25) is 5.91 Å². The first kappa shape index (κ1) is 34.7. The molecule has 0 aliphatic carbocycles. The van der Waals surface area contributed by atoms with E-state index in [4.69, 9.17) is 37.1 Å². The third-order valence-electron chi connectivity index (χ3n) is 8.32. The summed E-state index contributed by atoms with van der Waals surface area (Å²) in [6, 6.07) is 25.9. The number of carbonyl (C=O) groups excluding carboxylic acids is 1. The van der Waals surface area contributed by atoms with E-state index in [0.29, 0.717) is 48.5 Å². The molecule has 44 heavy (non-hydrogen) atoms. The van der Waals surface area contributed by atoms with E-state index < -0.39 is 16.4 Å². The van der Waals surface area contributed by atoms with E-state index in [9.17, 15) is 4.79 Å². The normalized spacial score (nSPS) is 16.0. The van der Waals surface area contributed by atoms with E-state index in [0.717, 1.165) is 18.0 Å². The summed E-state index contributed by atoms with van der Waals surface area (Å²) >= 11 is 13.1. The van der Waals surface area contributed by atoms with Crippen molar-refractivity contribution in [2.75, 3.05) is 33.1 Å². The number of halogens is 2. The molecule has 1 saturated heterocycles. The number of benzene rings is 3. The van der Waals surface area contributed by atoms with Crippen LogP contribution in [0.2, 0.25) is 40.8 Å². The number of hydrogen-bond donors (Lipinski definition) is 0. The van der Waals surface area contributed by atoms with Gasteiger partial charge < -0.3 is 18.8 Å². The molecule has 1 fully saturated rings. The highest BCUT2D eigenvalue weighted by molar-refractivity contribution is 6.99. The largest absolute Gasteiger partial charge is 0.467 e. The first-order valence-corrected chi connectivity index (χ1v) is 21.9. The van der Waals surface area contributed by atoms with E-state index >= 15 is 0 Å². The fourth-order valence-electron chi connectivity index (χ4n) is 6.02. The molecule has 1 atom stereocenters. The molecule has 1 unspecified atom stereocenters. The van der Waals surface area contributed by atoms with E-state index in [1.54, 1.807) is 6.07 Å². The number of likely N-dealkylation sites (tertiary alicyclic amines) is 1. The molecule has 1 aliphatic rings. The molecule has 4 rings (SSSR count). The maximum absolute atomic E-state index is 13.2. The second-order valence-corrected chi connectivity index (χ2v) is 24.6. The summed E-state index contributed by atoms with van der Waals surface area (Å²) in [6.45, 7) is 16.3. The molecule has 0 bridgehead atoms. The SMILES string of the molecule is CC(C)(C)[Si](OCCCN1CC(c2c(OCOCC[Si](C)(C)C)ccc(Cl)c2Cl)CC1=O)(c1ccccc1)c1ccccc1. The van der Waals surface area contributed by atoms with Gasteiger partial charge in [0.15, 0.2) is 6.79 Å². The minimum Gasteiger partial charge on any atom is -0.467 e. The van der Waals surface area contributed by atoms with Crippen molar-refractivity contribution in [2.45, 2.75) is 70.3 Å². The van der Waals surface area contributed by atoms with Crippen LogP contribution in [0.15, 0.2) is 72.8 Å². The molecule has 0 saturated carbocycles. The predicted octanol–water partition coefficient (Wildman–Crippen LogP) is 7.97. The lowest BCUT2D eigenvalue weighted by Crippen LogP contribution is -2.66. The Bertz CT molecular complexity index is 1340. The van der Waals surface area contributed by atoms with Gasteiger partial charge in [0.25, 0.3) is 8.32 Å². The van der Waals surface area contributed by atoms with Crippen LogP contribution in [0.1, 0.15) is 45.1 Å². The number of amides is 1. The second-order valence-electron chi connectivity index (χ2n) is 13.9. The second kappa shape index (κ2) is 15.0. The molecule has 238 valence electrons. The minimum atomic E-state index is -2.62. The van der Waals surface area contributed by atoms with Gasteiger partial charge in [0.1, 0.15) is 5.75 Å². The van der Waals surface area contributed by atoms with Gasteiger partial charge in [0, 0.05) is 52.3 Å². The lowest BCUT2D eigenvalue weighted by atomic mass is 9.97. The molecule has 1 aliphatic heterocycles. The van der Waals surface area contributed by atoms with Gasteiger partial charge in [0.05, 0.1) is 10.0 Å². The molecule has 0 spiro atoms. The summed E-state index contributed by atoms with van der Waals surface area (Å²) in [4.78, 5) is 15.1. The van der Waals surface area contributed by atoms with Crippen molar-refractivity contribution < 1.29 is 18.7 Å². The maximum atomic E-state index is 13.2. The van der Waals surface area contributed by atoms with Crippen LogP contribution in [0, 0.1) is 0 Å². The molecule has 0 N–H and O–H groups in total. The Labute approximate surface area is 275 Å². The Kier molecular flexibility index (Phi) is 11.8. The summed E-state index contributed by atoms with van der Waals surface area (Å²) in [5.41, 5.74) is 0.785. The van der Waals surface area contributed by atoms with Crippen molar-refractivity contribution in [3.63, 3.8) is 0 Å². The average Bonchev–Trinajstić information content (AvgIpc) is 3.34. The van der Waals surface area contributed by atoms with Gasteiger partial charge in [-0.3, -0.25) is 4.79 Å². The van der Waals surface area contributed by atoms with Crippen molar-refractivity contribution in [1.82, 2.24) is 4.90 Å². The zero-order chi connectivity index (χ0) is 32.0. The molecule has 0 radical (unpaired) electrons. The fourth-order valence-corrected chi connectivity index (χ4v) is 11.9. The predicted molar refractivity (Wildman–Crippen MR) is 188 cm³/mol. The number of rotatable bonds is 14. The van der Waals surface area contributed by atoms with E-state index in [1.807, 2.05) is 11.0 Å². The summed E-state index contributed by atoms with van der Waals surface area (Å²) in [7, 11) is -3.81. The zero-order valence-electron chi connectivity index (χ0n) is 27.0. The molecule has 5 nitrogen and oxygen atoms in total. The third kappa shape index (κ3) is 8.36. The Morgan fingerprint density at radius 2 is 1.50 bits per heavy atom. The highest BCUT2D eigenvalue weighted by Crippen LogP contribution is 2.42. The van der Waals surface area contributed by atoms with Crippen LogP contribution in [-0.4, -0.2) is 60.3 Å². The van der Waals surface area contributed by atoms with Crippen molar-refractivity contribution in [1.29, 1.82) is 0 Å². The Hall–Kier alpha value is -2.14. The number of hydrogen-bond acceptors (Lipinski definition) is 4. The Morgan fingerprint density at radius 3 is 2.07 bits per heavy atom. The lowest BCUT2D eigenvalue weighted by molar-refractivity contribution is -0.127. The minimum absolute atomic E-state index is 0.0949. The van der Waals surface area contributed by atoms with Gasteiger partial charge >= 0.3 is 0 Å². The Balaban J connectivity index is 1.43. The quantitative estimate of drug-likeness (QED) is 0.0991. The van der Waals surface area contributed by atoms with Crippen molar-refractivity contribution in [3.8, 4) is 5.75 Å². The van der Waals surface area contributed by atoms with Gasteiger partial charge in [-0.05, 0) is 40.0 Å². The third-order valence-corrected chi connectivity index (χ3v) is 15.9. The first-order valence-electron chi connectivity index (χ1n) is 15.5. The smallest absolute Gasteiger partial charge is 0.261 e. The van der Waals surface area contributed by atoms with Crippen LogP contribution >= 0.6 is 23.2 Å². The van der Waals surface area contributed by atoms with E-state index in [-0.39, 0.29) is 23.7 Å². The first-order chi connectivity index (χ1) is 20.8. The summed E-state index contributed by atoms with van der Waals surface area (Å²) in [5.74, 6) is 0.624. The summed E-state index contributed by atoms with van der Waals surface area (Å²) in [6.07, 6.45) is 1.10. The fraction of sp³-hybridized carbons (Fsp3) is 0.457. The van der Waals surface area contributed by atoms with Crippen LogP contribution < -0.4 is 15.1 Å². The van der Waals surface area contributed by atoms with Crippen LogP contribution in [0.4, 0.5) is 0 Å². The van der Waals surface area contributed by atoms with Crippen molar-refractivity contribution in [3.05, 3.63) is 88.4 Å². The van der Waals surface area contributed by atoms with Gasteiger partial charge in [-0.15, -0.1) is 0 Å². The number of carbonyl (C=O) groups is 1. The lowest BCUT2D eigenvalue weighted by Gasteiger charge is -2.43. The highest BCUT2D eigenvalue weighted by atomic mass is 35.5. The Morgan fingerprint density at radius 1 is 0.886 bits per heavy atom. The number of nitrogens with zero attached hydrogens (tertiary/aromatic N) is 1. The molecule has 3 aromatic rings. The van der Waals surface area contributed by atoms with Crippen LogP contribution in [0.25, 0.3) is 0 Å².